The Morgan fingerprint density at radius 2 is 2.32 bits per heavy atom. The van der Waals surface area contributed by atoms with E-state index in [1.165, 1.54) is 11.8 Å². The van der Waals surface area contributed by atoms with Crippen LogP contribution in [-0.4, -0.2) is 48.6 Å². The summed E-state index contributed by atoms with van der Waals surface area (Å²) in [5.74, 6) is -0.829. The average molecular weight is 287 g/mol. The van der Waals surface area contributed by atoms with Crippen molar-refractivity contribution in [1.29, 1.82) is 0 Å². The van der Waals surface area contributed by atoms with Gasteiger partial charge in [-0.05, 0) is 36.7 Å². The summed E-state index contributed by atoms with van der Waals surface area (Å²) in [6, 6.07) is 0. The van der Waals surface area contributed by atoms with Gasteiger partial charge in [-0.1, -0.05) is 25.6 Å². The molecular weight excluding hydrogens is 266 g/mol. The first kappa shape index (κ1) is 15.9. The molecule has 0 saturated heterocycles. The maximum atomic E-state index is 11.4. The molecule has 0 radical (unpaired) electrons. The van der Waals surface area contributed by atoms with Crippen molar-refractivity contribution in [3.05, 3.63) is 0 Å². The second-order valence-corrected chi connectivity index (χ2v) is 6.19. The van der Waals surface area contributed by atoms with Gasteiger partial charge in [0.1, 0.15) is 5.54 Å². The molecule has 1 heterocycles. The fraction of sp³-hybridized carbons (Fsp3) is 0.818. The number of nitrogens with zero attached hydrogens (tertiary/aromatic N) is 4. The van der Waals surface area contributed by atoms with E-state index >= 15 is 0 Å². The molecule has 1 rings (SSSR count). The lowest BCUT2D eigenvalue weighted by Crippen LogP contribution is -2.51. The lowest BCUT2D eigenvalue weighted by molar-refractivity contribution is -0.144. The van der Waals surface area contributed by atoms with E-state index in [2.05, 4.69) is 20.8 Å². The highest BCUT2D eigenvalue weighted by Gasteiger charge is 2.34. The van der Waals surface area contributed by atoms with E-state index in [0.717, 1.165) is 6.42 Å². The smallest absolute Gasteiger partial charge is 0.323 e. The van der Waals surface area contributed by atoms with Crippen LogP contribution in [0.1, 0.15) is 33.6 Å². The first-order valence-corrected chi connectivity index (χ1v) is 7.14. The standard InChI is InChI=1S/C11H21N5O2S/c1-5-6-12-11(3,9(17)18)7-8(2)19-10-13-14-15-16(10)4/h8,12H,5-7H2,1-4H3,(H,17,18). The Hall–Kier alpha value is -1.15. The first-order chi connectivity index (χ1) is 8.89. The zero-order valence-electron chi connectivity index (χ0n) is 11.8. The van der Waals surface area contributed by atoms with Crippen LogP contribution < -0.4 is 5.32 Å². The molecule has 0 aliphatic carbocycles. The van der Waals surface area contributed by atoms with Gasteiger partial charge in [-0.15, -0.1) is 5.10 Å². The van der Waals surface area contributed by atoms with Crippen LogP contribution in [0.5, 0.6) is 0 Å². The SMILES string of the molecule is CCCNC(C)(CC(C)Sc1nnnn1C)C(=O)O. The van der Waals surface area contributed by atoms with Gasteiger partial charge in [0.15, 0.2) is 0 Å². The van der Waals surface area contributed by atoms with Gasteiger partial charge in [-0.2, -0.15) is 0 Å². The number of carbonyl (C=O) groups is 1. The molecule has 2 atom stereocenters. The molecule has 2 N–H and O–H groups in total. The minimum absolute atomic E-state index is 0.0927. The van der Waals surface area contributed by atoms with Gasteiger partial charge in [-0.3, -0.25) is 4.79 Å². The van der Waals surface area contributed by atoms with Crippen LogP contribution in [0, 0.1) is 0 Å². The number of rotatable bonds is 8. The third kappa shape index (κ3) is 4.46. The number of thioether (sulfide) groups is 1. The Morgan fingerprint density at radius 3 is 2.79 bits per heavy atom. The van der Waals surface area contributed by atoms with Gasteiger partial charge in [-0.25, -0.2) is 4.68 Å². The summed E-state index contributed by atoms with van der Waals surface area (Å²) in [7, 11) is 1.76. The molecule has 8 heteroatoms. The molecule has 108 valence electrons. The molecule has 0 aliphatic rings. The van der Waals surface area contributed by atoms with E-state index in [4.69, 9.17) is 0 Å². The van der Waals surface area contributed by atoms with E-state index in [-0.39, 0.29) is 5.25 Å². The van der Waals surface area contributed by atoms with Crippen molar-refractivity contribution in [1.82, 2.24) is 25.5 Å². The number of hydrogen-bond acceptors (Lipinski definition) is 6. The van der Waals surface area contributed by atoms with Crippen LogP contribution in [-0.2, 0) is 11.8 Å². The summed E-state index contributed by atoms with van der Waals surface area (Å²) < 4.78 is 1.58. The maximum absolute atomic E-state index is 11.4. The topological polar surface area (TPSA) is 92.9 Å². The van der Waals surface area contributed by atoms with Crippen molar-refractivity contribution >= 4 is 17.7 Å². The van der Waals surface area contributed by atoms with Crippen LogP contribution in [0.15, 0.2) is 5.16 Å². The number of carboxylic acids is 1. The molecule has 0 spiro atoms. The third-order valence-corrected chi connectivity index (χ3v) is 3.95. The van der Waals surface area contributed by atoms with Crippen molar-refractivity contribution in [3.63, 3.8) is 0 Å². The zero-order chi connectivity index (χ0) is 14.5. The fourth-order valence-corrected chi connectivity index (χ4v) is 2.80. The third-order valence-electron chi connectivity index (χ3n) is 2.82. The second kappa shape index (κ2) is 6.85. The van der Waals surface area contributed by atoms with Gasteiger partial charge < -0.3 is 10.4 Å². The molecule has 0 saturated carbocycles. The highest BCUT2D eigenvalue weighted by Crippen LogP contribution is 2.26. The monoisotopic (exact) mass is 287 g/mol. The minimum Gasteiger partial charge on any atom is -0.480 e. The summed E-state index contributed by atoms with van der Waals surface area (Å²) in [5, 5.41) is 24.5. The predicted molar refractivity (Wildman–Crippen MR) is 73.1 cm³/mol. The van der Waals surface area contributed by atoms with Crippen molar-refractivity contribution in [2.75, 3.05) is 6.54 Å². The van der Waals surface area contributed by atoms with E-state index in [9.17, 15) is 9.90 Å². The number of hydrogen-bond donors (Lipinski definition) is 2. The summed E-state index contributed by atoms with van der Waals surface area (Å²) in [6.45, 7) is 6.40. The Bertz CT molecular complexity index is 425. The maximum Gasteiger partial charge on any atom is 0.323 e. The van der Waals surface area contributed by atoms with Gasteiger partial charge >= 0.3 is 5.97 Å². The molecule has 0 aliphatic heterocycles. The predicted octanol–water partition coefficient (Wildman–Crippen LogP) is 0.924. The average Bonchev–Trinajstić information content (AvgIpc) is 2.72. The molecule has 0 fully saturated rings. The van der Waals surface area contributed by atoms with E-state index < -0.39 is 11.5 Å². The number of carboxylic acid groups (broad SMARTS) is 1. The molecule has 0 aromatic carbocycles. The highest BCUT2D eigenvalue weighted by molar-refractivity contribution is 7.99. The van der Waals surface area contributed by atoms with Crippen molar-refractivity contribution in [2.45, 2.75) is 49.6 Å². The second-order valence-electron chi connectivity index (χ2n) is 4.78. The van der Waals surface area contributed by atoms with Gasteiger partial charge in [0.2, 0.25) is 5.16 Å². The number of aryl methyl sites for hydroxylation is 1. The largest absolute Gasteiger partial charge is 0.480 e. The van der Waals surface area contributed by atoms with Crippen LogP contribution in [0.3, 0.4) is 0 Å². The summed E-state index contributed by atoms with van der Waals surface area (Å²) in [4.78, 5) is 11.4. The lowest BCUT2D eigenvalue weighted by atomic mass is 9.96. The number of nitrogens with one attached hydrogen (secondary N) is 1. The van der Waals surface area contributed by atoms with Crippen LogP contribution in [0.25, 0.3) is 0 Å². The van der Waals surface area contributed by atoms with Gasteiger partial charge in [0.25, 0.3) is 0 Å². The molecule has 0 amide bonds. The normalized spacial score (nSPS) is 16.0. The summed E-state index contributed by atoms with van der Waals surface area (Å²) >= 11 is 1.48. The van der Waals surface area contributed by atoms with Crippen molar-refractivity contribution in [2.24, 2.45) is 7.05 Å². The van der Waals surface area contributed by atoms with Crippen LogP contribution >= 0.6 is 11.8 Å². The quantitative estimate of drug-likeness (QED) is 0.687. The zero-order valence-corrected chi connectivity index (χ0v) is 12.6. The number of aliphatic carboxylic acids is 1. The Morgan fingerprint density at radius 1 is 1.63 bits per heavy atom. The summed E-state index contributed by atoms with van der Waals surface area (Å²) in [5.41, 5.74) is -0.922. The van der Waals surface area contributed by atoms with Gasteiger partial charge in [0, 0.05) is 12.3 Å². The van der Waals surface area contributed by atoms with Crippen LogP contribution in [0.2, 0.25) is 0 Å². The van der Waals surface area contributed by atoms with Crippen molar-refractivity contribution < 1.29 is 9.90 Å². The summed E-state index contributed by atoms with van der Waals surface area (Å²) in [6.07, 6.45) is 1.40. The number of tetrazole rings is 1. The molecular formula is C11H21N5O2S. The Kier molecular flexibility index (Phi) is 5.74. The highest BCUT2D eigenvalue weighted by atomic mass is 32.2. The minimum atomic E-state index is -0.922. The first-order valence-electron chi connectivity index (χ1n) is 6.26. The lowest BCUT2D eigenvalue weighted by Gasteiger charge is -2.28. The molecule has 19 heavy (non-hydrogen) atoms. The van der Waals surface area contributed by atoms with Gasteiger partial charge in [0.05, 0.1) is 0 Å². The van der Waals surface area contributed by atoms with E-state index in [0.29, 0.717) is 18.1 Å². The van der Waals surface area contributed by atoms with Crippen molar-refractivity contribution in [3.8, 4) is 0 Å². The molecule has 2 unspecified atom stereocenters. The van der Waals surface area contributed by atoms with Crippen LogP contribution in [0.4, 0.5) is 0 Å². The Labute approximate surface area is 117 Å². The number of aromatic nitrogens is 4. The molecule has 1 aromatic rings. The van der Waals surface area contributed by atoms with E-state index in [1.54, 1.807) is 18.7 Å². The van der Waals surface area contributed by atoms with E-state index in [1.807, 2.05) is 13.8 Å². The fourth-order valence-electron chi connectivity index (χ4n) is 1.75. The molecule has 7 nitrogen and oxygen atoms in total. The molecule has 0 bridgehead atoms. The molecule has 1 aromatic heterocycles. The Balaban J connectivity index is 2.63.